The standard InChI is InChI=1S/C17H20BrNS/c1-11-9-15(20-17(11)18)16(19-2)14-8-4-7-13(10-14)12-5-3-6-12/h4,7-10,12,16,19H,3,5-6H2,1-2H3. The topological polar surface area (TPSA) is 12.0 Å². The van der Waals surface area contributed by atoms with Crippen LogP contribution in [0.4, 0.5) is 0 Å². The zero-order chi connectivity index (χ0) is 14.1. The van der Waals surface area contributed by atoms with E-state index in [2.05, 4.69) is 58.5 Å². The molecule has 1 nitrogen and oxygen atoms in total. The van der Waals surface area contributed by atoms with Crippen LogP contribution >= 0.6 is 27.3 Å². The minimum atomic E-state index is 0.296. The fraction of sp³-hybridized carbons (Fsp3) is 0.412. The van der Waals surface area contributed by atoms with Gasteiger partial charge in [0.05, 0.1) is 9.83 Å². The van der Waals surface area contributed by atoms with E-state index in [1.54, 1.807) is 0 Å². The van der Waals surface area contributed by atoms with Gasteiger partial charge in [-0.1, -0.05) is 30.7 Å². The van der Waals surface area contributed by atoms with Gasteiger partial charge in [0.25, 0.3) is 0 Å². The molecule has 1 unspecified atom stereocenters. The number of hydrogen-bond donors (Lipinski definition) is 1. The number of aryl methyl sites for hydroxylation is 1. The van der Waals surface area contributed by atoms with Crippen LogP contribution in [0.15, 0.2) is 34.1 Å². The third kappa shape index (κ3) is 2.72. The minimum Gasteiger partial charge on any atom is -0.309 e. The summed E-state index contributed by atoms with van der Waals surface area (Å²) in [7, 11) is 2.05. The minimum absolute atomic E-state index is 0.296. The second-order valence-corrected chi connectivity index (χ2v) is 8.03. The van der Waals surface area contributed by atoms with Crippen LogP contribution < -0.4 is 5.32 Å². The van der Waals surface area contributed by atoms with E-state index in [9.17, 15) is 0 Å². The number of benzene rings is 1. The number of thiophene rings is 1. The van der Waals surface area contributed by atoms with Crippen LogP contribution in [0.2, 0.25) is 0 Å². The van der Waals surface area contributed by atoms with Crippen LogP contribution in [-0.4, -0.2) is 7.05 Å². The molecule has 20 heavy (non-hydrogen) atoms. The van der Waals surface area contributed by atoms with Crippen LogP contribution in [0.3, 0.4) is 0 Å². The molecule has 0 amide bonds. The second-order valence-electron chi connectivity index (χ2n) is 5.63. The van der Waals surface area contributed by atoms with Crippen molar-refractivity contribution in [3.63, 3.8) is 0 Å². The maximum absolute atomic E-state index is 3.63. The molecular weight excluding hydrogens is 330 g/mol. The van der Waals surface area contributed by atoms with Crippen molar-refractivity contribution in [1.82, 2.24) is 5.32 Å². The highest BCUT2D eigenvalue weighted by Crippen LogP contribution is 2.39. The molecule has 1 heterocycles. The SMILES string of the molecule is CNC(c1cccc(C2CCC2)c1)c1cc(C)c(Br)s1. The number of halogens is 1. The predicted octanol–water partition coefficient (Wildman–Crippen LogP) is 5.40. The number of nitrogens with one attached hydrogen (secondary N) is 1. The molecule has 3 rings (SSSR count). The van der Waals surface area contributed by atoms with Crippen molar-refractivity contribution in [2.75, 3.05) is 7.05 Å². The highest BCUT2D eigenvalue weighted by atomic mass is 79.9. The maximum atomic E-state index is 3.63. The molecule has 1 fully saturated rings. The van der Waals surface area contributed by atoms with E-state index in [1.165, 1.54) is 44.6 Å². The molecule has 0 bridgehead atoms. The Morgan fingerprint density at radius 1 is 1.30 bits per heavy atom. The Balaban J connectivity index is 1.92. The van der Waals surface area contributed by atoms with E-state index in [0.717, 1.165) is 5.92 Å². The molecule has 1 saturated carbocycles. The van der Waals surface area contributed by atoms with Crippen molar-refractivity contribution >= 4 is 27.3 Å². The molecule has 0 aliphatic heterocycles. The van der Waals surface area contributed by atoms with E-state index in [1.807, 2.05) is 18.4 Å². The molecular formula is C17H20BrNS. The summed E-state index contributed by atoms with van der Waals surface area (Å²) < 4.78 is 1.24. The van der Waals surface area contributed by atoms with Crippen LogP contribution in [0.5, 0.6) is 0 Å². The van der Waals surface area contributed by atoms with Crippen molar-refractivity contribution in [2.45, 2.75) is 38.1 Å². The summed E-state index contributed by atoms with van der Waals surface area (Å²) in [6, 6.07) is 11.7. The van der Waals surface area contributed by atoms with Crippen molar-refractivity contribution in [2.24, 2.45) is 0 Å². The third-order valence-corrected chi connectivity index (χ3v) is 6.47. The fourth-order valence-electron chi connectivity index (χ4n) is 2.83. The van der Waals surface area contributed by atoms with E-state index >= 15 is 0 Å². The highest BCUT2D eigenvalue weighted by Gasteiger charge is 2.21. The zero-order valence-corrected chi connectivity index (χ0v) is 14.4. The first kappa shape index (κ1) is 14.3. The van der Waals surface area contributed by atoms with E-state index < -0.39 is 0 Å². The normalized spacial score (nSPS) is 16.9. The van der Waals surface area contributed by atoms with Gasteiger partial charge in [0.2, 0.25) is 0 Å². The van der Waals surface area contributed by atoms with Crippen LogP contribution in [0, 0.1) is 6.92 Å². The highest BCUT2D eigenvalue weighted by molar-refractivity contribution is 9.11. The summed E-state index contributed by atoms with van der Waals surface area (Å²) in [5.41, 5.74) is 4.22. The summed E-state index contributed by atoms with van der Waals surface area (Å²) in [5.74, 6) is 0.796. The van der Waals surface area contributed by atoms with Crippen LogP contribution in [-0.2, 0) is 0 Å². The average molecular weight is 350 g/mol. The van der Waals surface area contributed by atoms with Gasteiger partial charge in [-0.05, 0) is 71.4 Å². The first-order valence-electron chi connectivity index (χ1n) is 7.22. The lowest BCUT2D eigenvalue weighted by Crippen LogP contribution is -2.17. The number of rotatable bonds is 4. The molecule has 1 aromatic carbocycles. The second kappa shape index (κ2) is 6.00. The van der Waals surface area contributed by atoms with Crippen molar-refractivity contribution < 1.29 is 0 Å². The van der Waals surface area contributed by atoms with Gasteiger partial charge < -0.3 is 5.32 Å². The Hall–Kier alpha value is -0.640. The smallest absolute Gasteiger partial charge is 0.0731 e. The lowest BCUT2D eigenvalue weighted by molar-refractivity contribution is 0.419. The monoisotopic (exact) mass is 349 g/mol. The molecule has 2 aromatic rings. The van der Waals surface area contributed by atoms with E-state index in [0.29, 0.717) is 6.04 Å². The van der Waals surface area contributed by atoms with Crippen molar-refractivity contribution in [1.29, 1.82) is 0 Å². The van der Waals surface area contributed by atoms with Gasteiger partial charge in [-0.3, -0.25) is 0 Å². The van der Waals surface area contributed by atoms with Gasteiger partial charge in [0, 0.05) is 4.88 Å². The Morgan fingerprint density at radius 3 is 2.65 bits per heavy atom. The average Bonchev–Trinajstić information content (AvgIpc) is 2.69. The number of hydrogen-bond acceptors (Lipinski definition) is 2. The van der Waals surface area contributed by atoms with Gasteiger partial charge >= 0.3 is 0 Å². The fourth-order valence-corrected chi connectivity index (χ4v) is 4.54. The van der Waals surface area contributed by atoms with E-state index in [4.69, 9.17) is 0 Å². The molecule has 1 N–H and O–H groups in total. The largest absolute Gasteiger partial charge is 0.309 e. The molecule has 1 aliphatic carbocycles. The maximum Gasteiger partial charge on any atom is 0.0731 e. The van der Waals surface area contributed by atoms with Gasteiger partial charge in [-0.2, -0.15) is 0 Å². The molecule has 0 saturated heterocycles. The van der Waals surface area contributed by atoms with Crippen molar-refractivity contribution in [3.8, 4) is 0 Å². The Kier molecular flexibility index (Phi) is 4.29. The summed E-state index contributed by atoms with van der Waals surface area (Å²) in [4.78, 5) is 1.38. The van der Waals surface area contributed by atoms with Gasteiger partial charge in [-0.15, -0.1) is 11.3 Å². The lowest BCUT2D eigenvalue weighted by atomic mass is 9.79. The summed E-state index contributed by atoms with van der Waals surface area (Å²) >= 11 is 5.46. The molecule has 0 radical (unpaired) electrons. The zero-order valence-electron chi connectivity index (χ0n) is 11.9. The molecule has 1 aliphatic rings. The quantitative estimate of drug-likeness (QED) is 0.779. The molecule has 1 atom stereocenters. The van der Waals surface area contributed by atoms with Crippen LogP contribution in [0.1, 0.15) is 52.8 Å². The molecule has 106 valence electrons. The Labute approximate surface area is 133 Å². The first-order valence-corrected chi connectivity index (χ1v) is 8.83. The summed E-state index contributed by atoms with van der Waals surface area (Å²) in [6.45, 7) is 2.15. The van der Waals surface area contributed by atoms with Gasteiger partial charge in [-0.25, -0.2) is 0 Å². The first-order chi connectivity index (χ1) is 9.69. The molecule has 3 heteroatoms. The van der Waals surface area contributed by atoms with Crippen LogP contribution in [0.25, 0.3) is 0 Å². The summed E-state index contributed by atoms with van der Waals surface area (Å²) in [5, 5.41) is 3.47. The predicted molar refractivity (Wildman–Crippen MR) is 90.7 cm³/mol. The third-order valence-electron chi connectivity index (χ3n) is 4.27. The van der Waals surface area contributed by atoms with E-state index in [-0.39, 0.29) is 0 Å². The van der Waals surface area contributed by atoms with Crippen molar-refractivity contribution in [3.05, 3.63) is 55.7 Å². The van der Waals surface area contributed by atoms with Gasteiger partial charge in [0.15, 0.2) is 0 Å². The van der Waals surface area contributed by atoms with Gasteiger partial charge in [0.1, 0.15) is 0 Å². The lowest BCUT2D eigenvalue weighted by Gasteiger charge is -2.27. The molecule has 1 aromatic heterocycles. The Bertz CT molecular complexity index is 581. The molecule has 0 spiro atoms. The summed E-state index contributed by atoms with van der Waals surface area (Å²) in [6.07, 6.45) is 4.11. The Morgan fingerprint density at radius 2 is 2.10 bits per heavy atom.